The summed E-state index contributed by atoms with van der Waals surface area (Å²) in [5, 5.41) is 10.5. The first-order valence-corrected chi connectivity index (χ1v) is 6.02. The van der Waals surface area contributed by atoms with Crippen LogP contribution in [0.4, 0.5) is 0 Å². The minimum absolute atomic E-state index is 0.0977. The number of fused-ring (bicyclic) bond motifs is 1. The molecule has 0 saturated carbocycles. The molecule has 19 heavy (non-hydrogen) atoms. The van der Waals surface area contributed by atoms with Crippen molar-refractivity contribution in [3.63, 3.8) is 0 Å². The van der Waals surface area contributed by atoms with Gasteiger partial charge in [-0.2, -0.15) is 5.11 Å². The van der Waals surface area contributed by atoms with Crippen molar-refractivity contribution in [2.24, 2.45) is 15.2 Å². The van der Waals surface area contributed by atoms with E-state index in [1.54, 1.807) is 12.4 Å². The maximum Gasteiger partial charge on any atom is 0.249 e. The second-order valence-corrected chi connectivity index (χ2v) is 4.32. The molecule has 0 saturated heterocycles. The number of carbonyl (C=O) groups is 1. The summed E-state index contributed by atoms with van der Waals surface area (Å²) in [6, 6.07) is 9.80. The van der Waals surface area contributed by atoms with Gasteiger partial charge in [-0.25, -0.2) is 4.99 Å². The van der Waals surface area contributed by atoms with Crippen LogP contribution in [0.1, 0.15) is 12.0 Å². The van der Waals surface area contributed by atoms with Crippen LogP contribution in [-0.2, 0) is 11.3 Å². The van der Waals surface area contributed by atoms with Crippen LogP contribution >= 0.6 is 0 Å². The van der Waals surface area contributed by atoms with Crippen molar-refractivity contribution in [1.29, 1.82) is 0 Å². The summed E-state index contributed by atoms with van der Waals surface area (Å²) in [7, 11) is 0. The highest BCUT2D eigenvalue weighted by Gasteiger charge is 2.20. The third-order valence-corrected chi connectivity index (χ3v) is 2.96. The Hall–Kier alpha value is -2.56. The monoisotopic (exact) mass is 252 g/mol. The number of benzene rings is 1. The normalized spacial score (nSPS) is 16.3. The number of carbonyl (C=O) groups excluding carboxylic acids is 1. The Labute approximate surface area is 110 Å². The number of amidine groups is 1. The summed E-state index contributed by atoms with van der Waals surface area (Å²) >= 11 is 0. The summed E-state index contributed by atoms with van der Waals surface area (Å²) in [6.07, 6.45) is 3.75. The molecule has 2 heterocycles. The van der Waals surface area contributed by atoms with Crippen molar-refractivity contribution < 1.29 is 4.79 Å². The van der Waals surface area contributed by atoms with Gasteiger partial charge in [0.25, 0.3) is 0 Å². The molecule has 0 unspecified atom stereocenters. The number of amides is 1. The van der Waals surface area contributed by atoms with E-state index in [1.807, 2.05) is 30.3 Å². The fourth-order valence-electron chi connectivity index (χ4n) is 1.93. The summed E-state index contributed by atoms with van der Waals surface area (Å²) in [5.74, 6) is 0.513. The lowest BCUT2D eigenvalue weighted by Gasteiger charge is -2.11. The number of nitrogens with one attached hydrogen (secondary N) is 1. The van der Waals surface area contributed by atoms with Crippen LogP contribution in [-0.4, -0.2) is 11.7 Å². The van der Waals surface area contributed by atoms with Crippen molar-refractivity contribution in [1.82, 2.24) is 5.32 Å². The molecule has 0 spiro atoms. The summed E-state index contributed by atoms with van der Waals surface area (Å²) in [6.45, 7) is 0.515. The number of nitrogens with zero attached hydrogens (tertiary/aromatic N) is 3. The molecule has 0 bridgehead atoms. The lowest BCUT2D eigenvalue weighted by atomic mass is 10.0. The summed E-state index contributed by atoms with van der Waals surface area (Å²) < 4.78 is 0. The molecule has 0 atom stereocenters. The van der Waals surface area contributed by atoms with E-state index in [2.05, 4.69) is 20.5 Å². The van der Waals surface area contributed by atoms with Crippen LogP contribution < -0.4 is 5.32 Å². The predicted octanol–water partition coefficient (Wildman–Crippen LogP) is 2.34. The third kappa shape index (κ3) is 2.49. The Balaban J connectivity index is 1.63. The van der Waals surface area contributed by atoms with E-state index in [-0.39, 0.29) is 5.91 Å². The first-order valence-electron chi connectivity index (χ1n) is 6.02. The minimum atomic E-state index is -0.0977. The zero-order chi connectivity index (χ0) is 13.1. The van der Waals surface area contributed by atoms with Gasteiger partial charge in [0.05, 0.1) is 6.20 Å². The maximum absolute atomic E-state index is 12.0. The highest BCUT2D eigenvalue weighted by atomic mass is 16.1. The molecular formula is C14H12N4O. The number of rotatable bonds is 3. The first-order chi connectivity index (χ1) is 9.33. The van der Waals surface area contributed by atoms with Crippen molar-refractivity contribution in [2.75, 3.05) is 0 Å². The van der Waals surface area contributed by atoms with Crippen LogP contribution in [0.15, 0.2) is 69.1 Å². The molecular weight excluding hydrogens is 240 g/mol. The zero-order valence-corrected chi connectivity index (χ0v) is 10.2. The predicted molar refractivity (Wildman–Crippen MR) is 71.4 cm³/mol. The second kappa shape index (κ2) is 4.97. The van der Waals surface area contributed by atoms with Gasteiger partial charge in [-0.3, -0.25) is 4.79 Å². The largest absolute Gasteiger partial charge is 0.348 e. The zero-order valence-electron chi connectivity index (χ0n) is 10.2. The van der Waals surface area contributed by atoms with E-state index in [4.69, 9.17) is 0 Å². The Morgan fingerprint density at radius 3 is 2.89 bits per heavy atom. The molecule has 0 aliphatic carbocycles. The molecule has 1 aromatic carbocycles. The topological polar surface area (TPSA) is 66.2 Å². The van der Waals surface area contributed by atoms with Crippen LogP contribution in [0.5, 0.6) is 0 Å². The van der Waals surface area contributed by atoms with Gasteiger partial charge in [0, 0.05) is 30.3 Å². The maximum atomic E-state index is 12.0. The molecule has 0 fully saturated rings. The quantitative estimate of drug-likeness (QED) is 0.881. The molecule has 0 aromatic heterocycles. The number of hydrogen-bond donors (Lipinski definition) is 1. The van der Waals surface area contributed by atoms with Crippen molar-refractivity contribution in [2.45, 2.75) is 13.0 Å². The molecule has 5 heteroatoms. The molecule has 1 aromatic rings. The molecule has 5 nitrogen and oxygen atoms in total. The smallest absolute Gasteiger partial charge is 0.249 e. The highest BCUT2D eigenvalue weighted by Crippen LogP contribution is 2.23. The van der Waals surface area contributed by atoms with Crippen LogP contribution in [0.25, 0.3) is 0 Å². The van der Waals surface area contributed by atoms with Crippen molar-refractivity contribution in [3.05, 3.63) is 59.4 Å². The van der Waals surface area contributed by atoms with Gasteiger partial charge in [0.1, 0.15) is 0 Å². The minimum Gasteiger partial charge on any atom is -0.348 e. The average molecular weight is 252 g/mol. The average Bonchev–Trinajstić information content (AvgIpc) is 2.93. The lowest BCUT2D eigenvalue weighted by molar-refractivity contribution is -0.117. The van der Waals surface area contributed by atoms with Gasteiger partial charge in [-0.15, -0.1) is 5.11 Å². The van der Waals surface area contributed by atoms with Crippen molar-refractivity contribution >= 4 is 11.7 Å². The number of hydrogen-bond acceptors (Lipinski definition) is 4. The van der Waals surface area contributed by atoms with E-state index in [0.29, 0.717) is 24.4 Å². The Kier molecular flexibility index (Phi) is 3.02. The summed E-state index contributed by atoms with van der Waals surface area (Å²) in [4.78, 5) is 16.1. The van der Waals surface area contributed by atoms with Crippen LogP contribution in [0.3, 0.4) is 0 Å². The van der Waals surface area contributed by atoms with Gasteiger partial charge < -0.3 is 5.32 Å². The number of azo groups is 1. The fraction of sp³-hybridized carbons (Fsp3) is 0.143. The molecule has 0 radical (unpaired) electrons. The van der Waals surface area contributed by atoms with Gasteiger partial charge in [0.15, 0.2) is 5.84 Å². The fourth-order valence-corrected chi connectivity index (χ4v) is 1.93. The van der Waals surface area contributed by atoms with E-state index in [1.165, 1.54) is 0 Å². The highest BCUT2D eigenvalue weighted by molar-refractivity contribution is 6.05. The van der Waals surface area contributed by atoms with E-state index in [9.17, 15) is 4.79 Å². The third-order valence-electron chi connectivity index (χ3n) is 2.96. The number of aliphatic imine (C=N–C) groups is 1. The molecule has 2 aliphatic heterocycles. The van der Waals surface area contributed by atoms with Gasteiger partial charge >= 0.3 is 0 Å². The molecule has 2 aliphatic rings. The van der Waals surface area contributed by atoms with E-state index >= 15 is 0 Å². The van der Waals surface area contributed by atoms with Gasteiger partial charge in [-0.05, 0) is 5.56 Å². The van der Waals surface area contributed by atoms with Gasteiger partial charge in [0.2, 0.25) is 5.91 Å². The van der Waals surface area contributed by atoms with Gasteiger partial charge in [-0.1, -0.05) is 30.3 Å². The van der Waals surface area contributed by atoms with Crippen LogP contribution in [0, 0.1) is 0 Å². The molecule has 3 rings (SSSR count). The first kappa shape index (κ1) is 11.5. The summed E-state index contributed by atoms with van der Waals surface area (Å²) in [5.41, 5.74) is 2.60. The van der Waals surface area contributed by atoms with E-state index < -0.39 is 0 Å². The van der Waals surface area contributed by atoms with Crippen LogP contribution in [0.2, 0.25) is 0 Å². The van der Waals surface area contributed by atoms with E-state index in [0.717, 1.165) is 11.1 Å². The SMILES string of the molecule is O=C(NCc1ccccc1)C1=CN=C2N=NC=C2C1. The Morgan fingerprint density at radius 2 is 2.05 bits per heavy atom. The molecule has 1 amide bonds. The molecule has 94 valence electrons. The standard InChI is InChI=1S/C14H12N4O/c19-14(16-7-10-4-2-1-3-5-10)12-6-11-9-17-18-13(11)15-8-12/h1-5,8-9H,6-7H2,(H,16,19). The Bertz CT molecular complexity index is 626. The van der Waals surface area contributed by atoms with Crippen molar-refractivity contribution in [3.8, 4) is 0 Å². The Morgan fingerprint density at radius 1 is 1.21 bits per heavy atom. The lowest BCUT2D eigenvalue weighted by Crippen LogP contribution is -2.25. The second-order valence-electron chi connectivity index (χ2n) is 4.32. The molecule has 1 N–H and O–H groups in total.